The van der Waals surface area contributed by atoms with E-state index in [4.69, 9.17) is 0 Å². The van der Waals surface area contributed by atoms with Gasteiger partial charge in [0, 0.05) is 69.5 Å². The van der Waals surface area contributed by atoms with Crippen LogP contribution in [0.25, 0.3) is 0 Å². The number of nitrogens with one attached hydrogen (secondary N) is 2. The molecule has 0 radical (unpaired) electrons. The van der Waals surface area contributed by atoms with Crippen LogP contribution >= 0.6 is 0 Å². The number of piperazine rings is 1. The highest BCUT2D eigenvalue weighted by Gasteiger charge is 2.15. The van der Waals surface area contributed by atoms with Crippen molar-refractivity contribution in [2.75, 3.05) is 56.5 Å². The molecule has 2 N–H and O–H groups in total. The first-order valence-corrected chi connectivity index (χ1v) is 8.55. The molecule has 6 nitrogen and oxygen atoms in total. The molecule has 2 heterocycles. The van der Waals surface area contributed by atoms with Crippen molar-refractivity contribution in [3.63, 3.8) is 0 Å². The monoisotopic (exact) mass is 326 g/mol. The molecule has 0 atom stereocenters. The van der Waals surface area contributed by atoms with Gasteiger partial charge in [0.05, 0.1) is 0 Å². The second-order valence-corrected chi connectivity index (χ2v) is 6.15. The zero-order valence-corrected chi connectivity index (χ0v) is 14.3. The maximum Gasteiger partial charge on any atom is 0.225 e. The van der Waals surface area contributed by atoms with E-state index in [1.807, 2.05) is 30.6 Å². The minimum Gasteiger partial charge on any atom is -0.384 e. The van der Waals surface area contributed by atoms with Crippen molar-refractivity contribution in [1.29, 1.82) is 0 Å². The Morgan fingerprint density at radius 2 is 1.67 bits per heavy atom. The van der Waals surface area contributed by atoms with Crippen molar-refractivity contribution in [2.45, 2.75) is 6.54 Å². The molecular weight excluding hydrogens is 300 g/mol. The molecule has 0 bridgehead atoms. The van der Waals surface area contributed by atoms with E-state index in [-0.39, 0.29) is 0 Å². The van der Waals surface area contributed by atoms with E-state index in [9.17, 15) is 0 Å². The molecule has 1 fully saturated rings. The normalized spacial score (nSPS) is 15.5. The average Bonchev–Trinajstić information content (AvgIpc) is 2.64. The minimum absolute atomic E-state index is 0.791. The van der Waals surface area contributed by atoms with Crippen LogP contribution in [0.2, 0.25) is 0 Å². The number of aromatic nitrogens is 2. The lowest BCUT2D eigenvalue weighted by Crippen LogP contribution is -2.45. The highest BCUT2D eigenvalue weighted by Crippen LogP contribution is 2.10. The first-order chi connectivity index (χ1) is 11.8. The van der Waals surface area contributed by atoms with Crippen LogP contribution in [0.15, 0.2) is 42.7 Å². The van der Waals surface area contributed by atoms with Crippen molar-refractivity contribution in [3.8, 4) is 0 Å². The number of likely N-dealkylation sites (N-methyl/N-ethyl adjacent to an activating group) is 1. The highest BCUT2D eigenvalue weighted by molar-refractivity contribution is 5.42. The van der Waals surface area contributed by atoms with E-state index < -0.39 is 0 Å². The predicted octanol–water partition coefficient (Wildman–Crippen LogP) is 1.43. The van der Waals surface area contributed by atoms with Gasteiger partial charge in [-0.25, -0.2) is 9.97 Å². The average molecular weight is 326 g/mol. The van der Waals surface area contributed by atoms with E-state index in [0.717, 1.165) is 63.0 Å². The summed E-state index contributed by atoms with van der Waals surface area (Å²) in [5.41, 5.74) is 2.27. The fourth-order valence-electron chi connectivity index (χ4n) is 2.69. The van der Waals surface area contributed by atoms with E-state index >= 15 is 0 Å². The van der Waals surface area contributed by atoms with E-state index in [2.05, 4.69) is 49.6 Å². The van der Waals surface area contributed by atoms with Gasteiger partial charge < -0.3 is 20.4 Å². The number of hydrogen-bond donors (Lipinski definition) is 2. The molecule has 0 unspecified atom stereocenters. The smallest absolute Gasteiger partial charge is 0.225 e. The Balaban J connectivity index is 1.37. The quantitative estimate of drug-likeness (QED) is 0.751. The van der Waals surface area contributed by atoms with E-state index in [1.165, 1.54) is 0 Å². The van der Waals surface area contributed by atoms with Crippen molar-refractivity contribution in [2.24, 2.45) is 0 Å². The Morgan fingerprint density at radius 1 is 0.958 bits per heavy atom. The van der Waals surface area contributed by atoms with Crippen LogP contribution in [0.4, 0.5) is 11.6 Å². The molecule has 1 aromatic heterocycles. The fourth-order valence-corrected chi connectivity index (χ4v) is 2.69. The van der Waals surface area contributed by atoms with Crippen LogP contribution in [-0.2, 0) is 6.54 Å². The molecule has 128 valence electrons. The van der Waals surface area contributed by atoms with Gasteiger partial charge in [-0.15, -0.1) is 0 Å². The molecule has 0 spiro atoms. The molecule has 0 amide bonds. The van der Waals surface area contributed by atoms with Gasteiger partial charge >= 0.3 is 0 Å². The summed E-state index contributed by atoms with van der Waals surface area (Å²) in [4.78, 5) is 13.6. The summed E-state index contributed by atoms with van der Waals surface area (Å²) in [7, 11) is 2.15. The third kappa shape index (κ3) is 4.91. The van der Waals surface area contributed by atoms with E-state index in [1.54, 1.807) is 0 Å². The fraction of sp³-hybridized carbons (Fsp3) is 0.444. The number of hydrogen-bond acceptors (Lipinski definition) is 6. The summed E-state index contributed by atoms with van der Waals surface area (Å²) in [6.45, 7) is 6.72. The molecule has 0 aliphatic carbocycles. The standard InChI is InChI=1S/C18H26N6/c1-23-9-11-24(12-10-23)18-21-14-16(15-22-18)13-19-7-8-20-17-5-3-2-4-6-17/h2-6,14-15,19-20H,7-13H2,1H3. The van der Waals surface area contributed by atoms with Gasteiger partial charge in [-0.05, 0) is 19.2 Å². The third-order valence-corrected chi connectivity index (χ3v) is 4.21. The maximum absolute atomic E-state index is 4.51. The van der Waals surface area contributed by atoms with Crippen molar-refractivity contribution >= 4 is 11.6 Å². The second kappa shape index (κ2) is 8.61. The number of para-hydroxylation sites is 1. The highest BCUT2D eigenvalue weighted by atomic mass is 15.3. The third-order valence-electron chi connectivity index (χ3n) is 4.21. The molecule has 2 aromatic rings. The molecule has 3 rings (SSSR count). The lowest BCUT2D eigenvalue weighted by molar-refractivity contribution is 0.311. The molecule has 1 saturated heterocycles. The molecule has 1 aliphatic heterocycles. The predicted molar refractivity (Wildman–Crippen MR) is 98.4 cm³/mol. The van der Waals surface area contributed by atoms with Gasteiger partial charge in [-0.1, -0.05) is 18.2 Å². The first kappa shape index (κ1) is 16.7. The topological polar surface area (TPSA) is 56.3 Å². The van der Waals surface area contributed by atoms with Crippen LogP contribution < -0.4 is 15.5 Å². The van der Waals surface area contributed by atoms with Crippen LogP contribution in [-0.4, -0.2) is 61.2 Å². The number of nitrogens with zero attached hydrogens (tertiary/aromatic N) is 4. The van der Waals surface area contributed by atoms with Gasteiger partial charge in [0.2, 0.25) is 5.95 Å². The summed E-state index contributed by atoms with van der Waals surface area (Å²) in [6.07, 6.45) is 3.86. The molecule has 0 saturated carbocycles. The summed E-state index contributed by atoms with van der Waals surface area (Å²) in [5.74, 6) is 0.845. The van der Waals surface area contributed by atoms with Gasteiger partial charge in [0.15, 0.2) is 0 Å². The van der Waals surface area contributed by atoms with E-state index in [0.29, 0.717) is 0 Å². The number of rotatable bonds is 7. The Kier molecular flexibility index (Phi) is 5.98. The lowest BCUT2D eigenvalue weighted by atomic mass is 10.3. The Labute approximate surface area is 143 Å². The lowest BCUT2D eigenvalue weighted by Gasteiger charge is -2.32. The molecule has 6 heteroatoms. The molecule has 1 aliphatic rings. The Hall–Kier alpha value is -2.18. The molecule has 1 aromatic carbocycles. The number of anilines is 2. The summed E-state index contributed by atoms with van der Waals surface area (Å²) in [5, 5.41) is 6.80. The zero-order valence-electron chi connectivity index (χ0n) is 14.3. The Bertz CT molecular complexity index is 593. The van der Waals surface area contributed by atoms with Gasteiger partial charge in [0.1, 0.15) is 0 Å². The maximum atomic E-state index is 4.51. The second-order valence-electron chi connectivity index (χ2n) is 6.15. The van der Waals surface area contributed by atoms with Gasteiger partial charge in [-0.3, -0.25) is 0 Å². The summed E-state index contributed by atoms with van der Waals surface area (Å²) in [6, 6.07) is 10.2. The first-order valence-electron chi connectivity index (χ1n) is 8.55. The van der Waals surface area contributed by atoms with Crippen LogP contribution in [0.1, 0.15) is 5.56 Å². The molecule has 24 heavy (non-hydrogen) atoms. The largest absolute Gasteiger partial charge is 0.384 e. The SMILES string of the molecule is CN1CCN(c2ncc(CNCCNc3ccccc3)cn2)CC1. The van der Waals surface area contributed by atoms with Gasteiger partial charge in [-0.2, -0.15) is 0 Å². The summed E-state index contributed by atoms with van der Waals surface area (Å²) < 4.78 is 0. The van der Waals surface area contributed by atoms with Crippen molar-refractivity contribution in [1.82, 2.24) is 20.2 Å². The minimum atomic E-state index is 0.791. The van der Waals surface area contributed by atoms with Crippen molar-refractivity contribution in [3.05, 3.63) is 48.3 Å². The van der Waals surface area contributed by atoms with Gasteiger partial charge in [0.25, 0.3) is 0 Å². The van der Waals surface area contributed by atoms with Crippen LogP contribution in [0.3, 0.4) is 0 Å². The zero-order chi connectivity index (χ0) is 16.6. The number of benzene rings is 1. The Morgan fingerprint density at radius 3 is 2.38 bits per heavy atom. The molecular formula is C18H26N6. The van der Waals surface area contributed by atoms with Crippen LogP contribution in [0, 0.1) is 0 Å². The van der Waals surface area contributed by atoms with Crippen molar-refractivity contribution < 1.29 is 0 Å². The summed E-state index contributed by atoms with van der Waals surface area (Å²) >= 11 is 0. The van der Waals surface area contributed by atoms with Crippen LogP contribution in [0.5, 0.6) is 0 Å².